The maximum Gasteiger partial charge on any atom is 0.313 e. The summed E-state index contributed by atoms with van der Waals surface area (Å²) in [6, 6.07) is 7.50. The molecule has 0 unspecified atom stereocenters. The van der Waals surface area contributed by atoms with Crippen LogP contribution in [0.5, 0.6) is 0 Å². The topological polar surface area (TPSA) is 125 Å². The number of allylic oxidation sites excluding steroid dienone is 1. The van der Waals surface area contributed by atoms with E-state index >= 15 is 0 Å². The molecule has 10 heteroatoms. The molecule has 10 nitrogen and oxygen atoms in total. The zero-order valence-electron chi connectivity index (χ0n) is 27.9. The third-order valence-electron chi connectivity index (χ3n) is 9.47. The molecule has 1 spiro atoms. The zero-order valence-corrected chi connectivity index (χ0v) is 27.9. The van der Waals surface area contributed by atoms with Gasteiger partial charge in [-0.05, 0) is 57.9 Å². The van der Waals surface area contributed by atoms with Gasteiger partial charge in [-0.2, -0.15) is 0 Å². The number of hydrogen-bond donors (Lipinski definition) is 2. The molecule has 7 atom stereocenters. The summed E-state index contributed by atoms with van der Waals surface area (Å²) in [5.41, 5.74) is -1.12. The Morgan fingerprint density at radius 2 is 1.89 bits per heavy atom. The van der Waals surface area contributed by atoms with Crippen molar-refractivity contribution in [3.05, 3.63) is 61.2 Å². The molecule has 0 aromatic heterocycles. The highest BCUT2D eigenvalue weighted by Crippen LogP contribution is 2.59. The number of fused-ring (bicyclic) bond motifs is 1. The molecule has 0 saturated carbocycles. The van der Waals surface area contributed by atoms with E-state index in [9.17, 15) is 24.3 Å². The average Bonchev–Trinajstić information content (AvgIpc) is 3.66. The molecule has 3 aliphatic heterocycles. The molecular formula is C36H51N3O7. The Bertz CT molecular complexity index is 1290. The molecule has 3 fully saturated rings. The van der Waals surface area contributed by atoms with Crippen molar-refractivity contribution >= 4 is 23.7 Å². The predicted octanol–water partition coefficient (Wildman–Crippen LogP) is 3.95. The minimum atomic E-state index is -1.24. The standard InChI is InChI=1S/C36H51N3O7/c1-8-10-16-28(41)37-21-27(24-14-12-11-13-15-24)45-34(44)29-26-17-18-36(46-26)30(29)32(42)39(25(22-40)20-23(3)4)31(36)33(43)38(19-9-2)35(5,6)7/h8-9,11-15,23,25-27,29-31,40H,1-2,10,16-22H2,3-7H3,(H,37,41)/t25-,26-,27-,29+,30+,31-,36+/m1/s1. The summed E-state index contributed by atoms with van der Waals surface area (Å²) in [4.78, 5) is 58.9. The first-order valence-corrected chi connectivity index (χ1v) is 16.5. The first kappa shape index (κ1) is 35.4. The van der Waals surface area contributed by atoms with Gasteiger partial charge in [0.2, 0.25) is 17.7 Å². The number of benzene rings is 1. The van der Waals surface area contributed by atoms with Crippen LogP contribution in [0.25, 0.3) is 0 Å². The van der Waals surface area contributed by atoms with Gasteiger partial charge in [-0.15, -0.1) is 13.2 Å². The molecule has 2 N–H and O–H groups in total. The maximum absolute atomic E-state index is 14.6. The second-order valence-electron chi connectivity index (χ2n) is 14.1. The number of carbonyl (C=O) groups is 4. The number of esters is 1. The van der Waals surface area contributed by atoms with Crippen molar-refractivity contribution in [3.8, 4) is 0 Å². The number of aliphatic hydroxyl groups is 1. The van der Waals surface area contributed by atoms with Crippen molar-refractivity contribution in [1.82, 2.24) is 15.1 Å². The lowest BCUT2D eigenvalue weighted by molar-refractivity contribution is -0.161. The zero-order chi connectivity index (χ0) is 33.8. The monoisotopic (exact) mass is 637 g/mol. The van der Waals surface area contributed by atoms with Crippen LogP contribution in [0.2, 0.25) is 0 Å². The quantitative estimate of drug-likeness (QED) is 0.220. The van der Waals surface area contributed by atoms with E-state index in [-0.39, 0.29) is 49.8 Å². The van der Waals surface area contributed by atoms with Crippen molar-refractivity contribution in [1.29, 1.82) is 0 Å². The Labute approximate surface area is 273 Å². The van der Waals surface area contributed by atoms with Gasteiger partial charge in [0.15, 0.2) is 0 Å². The molecular weight excluding hydrogens is 586 g/mol. The fourth-order valence-electron chi connectivity index (χ4n) is 7.46. The molecule has 0 radical (unpaired) electrons. The minimum Gasteiger partial charge on any atom is -0.455 e. The van der Waals surface area contributed by atoms with Crippen molar-refractivity contribution in [2.24, 2.45) is 17.8 Å². The maximum atomic E-state index is 14.6. The highest BCUT2D eigenvalue weighted by Gasteiger charge is 2.76. The second-order valence-corrected chi connectivity index (χ2v) is 14.1. The largest absolute Gasteiger partial charge is 0.455 e. The number of nitrogens with one attached hydrogen (secondary N) is 1. The van der Waals surface area contributed by atoms with Gasteiger partial charge in [0.25, 0.3) is 0 Å². The lowest BCUT2D eigenvalue weighted by atomic mass is 9.70. The third-order valence-corrected chi connectivity index (χ3v) is 9.47. The molecule has 46 heavy (non-hydrogen) atoms. The first-order valence-electron chi connectivity index (χ1n) is 16.5. The van der Waals surface area contributed by atoms with E-state index in [0.29, 0.717) is 31.2 Å². The normalized spacial score (nSPS) is 26.4. The Morgan fingerprint density at radius 3 is 2.48 bits per heavy atom. The average molecular weight is 638 g/mol. The number of likely N-dealkylation sites (tertiary alicyclic amines) is 1. The van der Waals surface area contributed by atoms with Gasteiger partial charge in [-0.25, -0.2) is 0 Å². The summed E-state index contributed by atoms with van der Waals surface area (Å²) in [5.74, 6) is -3.20. The van der Waals surface area contributed by atoms with Gasteiger partial charge in [-0.3, -0.25) is 19.2 Å². The first-order chi connectivity index (χ1) is 21.8. The number of hydrogen-bond acceptors (Lipinski definition) is 7. The minimum absolute atomic E-state index is 0.0596. The van der Waals surface area contributed by atoms with Gasteiger partial charge in [0, 0.05) is 18.5 Å². The van der Waals surface area contributed by atoms with Crippen LogP contribution in [0.4, 0.5) is 0 Å². The fourth-order valence-corrected chi connectivity index (χ4v) is 7.46. The summed E-state index contributed by atoms with van der Waals surface area (Å²) in [6.45, 7) is 17.3. The van der Waals surface area contributed by atoms with Gasteiger partial charge in [0.05, 0.1) is 37.1 Å². The summed E-state index contributed by atoms with van der Waals surface area (Å²) >= 11 is 0. The lowest BCUT2D eigenvalue weighted by Crippen LogP contribution is -2.61. The van der Waals surface area contributed by atoms with Crippen LogP contribution in [0.1, 0.15) is 78.4 Å². The van der Waals surface area contributed by atoms with Crippen LogP contribution in [0, 0.1) is 17.8 Å². The Hall–Kier alpha value is -3.50. The summed E-state index contributed by atoms with van der Waals surface area (Å²) in [7, 11) is 0. The molecule has 2 bridgehead atoms. The van der Waals surface area contributed by atoms with Crippen LogP contribution in [-0.2, 0) is 28.7 Å². The van der Waals surface area contributed by atoms with E-state index in [1.165, 1.54) is 4.90 Å². The number of aliphatic hydroxyl groups excluding tert-OH is 1. The molecule has 252 valence electrons. The van der Waals surface area contributed by atoms with E-state index < -0.39 is 53.2 Å². The van der Waals surface area contributed by atoms with Gasteiger partial charge in [-0.1, -0.05) is 56.3 Å². The van der Waals surface area contributed by atoms with Gasteiger partial charge >= 0.3 is 5.97 Å². The Morgan fingerprint density at radius 1 is 1.20 bits per heavy atom. The summed E-state index contributed by atoms with van der Waals surface area (Å²) in [6.07, 6.45) is 4.11. The Kier molecular flexibility index (Phi) is 11.2. The SMILES string of the molecule is C=CCCC(=O)NC[C@@H](OC(=O)[C@@H]1[C@H]2C(=O)N([C@@H](CO)CC(C)C)[C@H](C(=O)N(CC=C)C(C)(C)C)[C@]23CC[C@H]1O3)c1ccccc1. The second kappa shape index (κ2) is 14.5. The van der Waals surface area contributed by atoms with Crippen molar-refractivity contribution in [2.75, 3.05) is 19.7 Å². The molecule has 1 aromatic carbocycles. The molecule has 4 rings (SSSR count). The molecule has 3 amide bonds. The smallest absolute Gasteiger partial charge is 0.313 e. The number of carbonyl (C=O) groups excluding carboxylic acids is 4. The van der Waals surface area contributed by atoms with Crippen molar-refractivity contribution < 1.29 is 33.8 Å². The van der Waals surface area contributed by atoms with E-state index in [1.807, 2.05) is 65.0 Å². The van der Waals surface area contributed by atoms with Crippen LogP contribution in [0.3, 0.4) is 0 Å². The van der Waals surface area contributed by atoms with E-state index in [4.69, 9.17) is 9.47 Å². The van der Waals surface area contributed by atoms with Gasteiger partial charge in [0.1, 0.15) is 17.7 Å². The summed E-state index contributed by atoms with van der Waals surface area (Å²) < 4.78 is 12.7. The predicted molar refractivity (Wildman–Crippen MR) is 174 cm³/mol. The number of amides is 3. The fraction of sp³-hybridized carbons (Fsp3) is 0.611. The third kappa shape index (κ3) is 6.93. The van der Waals surface area contributed by atoms with E-state index in [0.717, 1.165) is 0 Å². The molecule has 0 aliphatic carbocycles. The number of nitrogens with zero attached hydrogens (tertiary/aromatic N) is 2. The number of rotatable bonds is 15. The van der Waals surface area contributed by atoms with Crippen molar-refractivity contribution in [2.45, 2.75) is 102 Å². The lowest BCUT2D eigenvalue weighted by Gasteiger charge is -2.43. The van der Waals surface area contributed by atoms with E-state index in [1.54, 1.807) is 17.1 Å². The molecule has 1 aromatic rings. The van der Waals surface area contributed by atoms with Crippen LogP contribution in [-0.4, -0.2) is 87.6 Å². The molecule has 3 saturated heterocycles. The van der Waals surface area contributed by atoms with Gasteiger partial charge < -0.3 is 29.7 Å². The summed E-state index contributed by atoms with van der Waals surface area (Å²) in [5, 5.41) is 13.4. The molecule has 3 aliphatic rings. The number of ether oxygens (including phenoxy) is 2. The van der Waals surface area contributed by atoms with E-state index in [2.05, 4.69) is 18.5 Å². The van der Waals surface area contributed by atoms with Crippen molar-refractivity contribution in [3.63, 3.8) is 0 Å². The Balaban J connectivity index is 1.70. The van der Waals surface area contributed by atoms with Crippen LogP contribution < -0.4 is 5.32 Å². The highest BCUT2D eigenvalue weighted by atomic mass is 16.6. The molecule has 3 heterocycles. The van der Waals surface area contributed by atoms with Crippen LogP contribution >= 0.6 is 0 Å². The highest BCUT2D eigenvalue weighted by molar-refractivity contribution is 5.98. The van der Waals surface area contributed by atoms with Crippen LogP contribution in [0.15, 0.2) is 55.6 Å².